The molecule has 13 heteroatoms. The van der Waals surface area contributed by atoms with Gasteiger partial charge in [0.2, 0.25) is 5.95 Å². The molecule has 4 aromatic rings. The number of nitrogens with zero attached hydrogens (tertiary/aromatic N) is 6. The van der Waals surface area contributed by atoms with Crippen LogP contribution < -0.4 is 10.6 Å². The van der Waals surface area contributed by atoms with E-state index in [0.29, 0.717) is 43.2 Å². The minimum Gasteiger partial charge on any atom is -0.390 e. The van der Waals surface area contributed by atoms with Crippen LogP contribution in [0.3, 0.4) is 0 Å². The van der Waals surface area contributed by atoms with Gasteiger partial charge in [-0.1, -0.05) is 0 Å². The zero-order valence-corrected chi connectivity index (χ0v) is 22.2. The van der Waals surface area contributed by atoms with Gasteiger partial charge in [0.05, 0.1) is 54.1 Å². The summed E-state index contributed by atoms with van der Waals surface area (Å²) >= 11 is 0.933. The maximum Gasteiger partial charge on any atom is 0.226 e. The second kappa shape index (κ2) is 9.83. The number of aliphatic hydroxyl groups excluding tert-OH is 1. The minimum absolute atomic E-state index is 0.0635. The third-order valence-electron chi connectivity index (χ3n) is 8.00. The summed E-state index contributed by atoms with van der Waals surface area (Å²) in [5.41, 5.74) is 7.70. The van der Waals surface area contributed by atoms with Gasteiger partial charge < -0.3 is 25.2 Å². The number of nitrogens with two attached hydrogens (primary N) is 1. The van der Waals surface area contributed by atoms with Crippen molar-refractivity contribution < 1.29 is 23.4 Å². The molecule has 0 amide bonds. The van der Waals surface area contributed by atoms with E-state index in [4.69, 9.17) is 15.2 Å². The number of anilines is 2. The second-order valence-corrected chi connectivity index (χ2v) is 11.3. The molecule has 0 saturated carbocycles. The van der Waals surface area contributed by atoms with E-state index < -0.39 is 17.7 Å². The standard InChI is InChI=1S/C27H25F2N7O3S/c28-17-8-32-24(21-13(6-30)26(31)40-25(17)21)20-16-12-39-11-15(16)14-7-33-27(34-23(14)22(20)29)36-9-18(19(37)10-36)35-2-1-4-38-5-3-35/h7-8,18-19,37H,1-5,9-12,31H2. The fourth-order valence-electron chi connectivity index (χ4n) is 6.08. The highest BCUT2D eigenvalue weighted by molar-refractivity contribution is 7.23. The number of β-amino-alcohol motifs (C(OH)–C–C–N with tert-alkyl or cyclic N) is 1. The van der Waals surface area contributed by atoms with Crippen molar-refractivity contribution in [3.05, 3.63) is 40.7 Å². The Labute approximate surface area is 231 Å². The second-order valence-electron chi connectivity index (χ2n) is 10.2. The lowest BCUT2D eigenvalue weighted by atomic mass is 9.94. The van der Waals surface area contributed by atoms with Gasteiger partial charge in [-0.05, 0) is 17.5 Å². The summed E-state index contributed by atoms with van der Waals surface area (Å²) in [6, 6.07) is 1.91. The average molecular weight is 566 g/mol. The molecule has 206 valence electrons. The number of halogens is 2. The van der Waals surface area contributed by atoms with Crippen LogP contribution in [0.25, 0.3) is 32.2 Å². The van der Waals surface area contributed by atoms with Crippen molar-refractivity contribution in [3.63, 3.8) is 0 Å². The smallest absolute Gasteiger partial charge is 0.226 e. The van der Waals surface area contributed by atoms with Crippen LogP contribution in [0.2, 0.25) is 0 Å². The highest BCUT2D eigenvalue weighted by atomic mass is 32.1. The quantitative estimate of drug-likeness (QED) is 0.382. The first-order chi connectivity index (χ1) is 19.5. The summed E-state index contributed by atoms with van der Waals surface area (Å²) in [5.74, 6) is -0.981. The number of ether oxygens (including phenoxy) is 2. The first kappa shape index (κ1) is 25.4. The molecule has 2 unspecified atom stereocenters. The molecule has 3 aliphatic heterocycles. The van der Waals surface area contributed by atoms with Crippen LogP contribution in [0.4, 0.5) is 19.7 Å². The molecule has 1 aromatic carbocycles. The Morgan fingerprint density at radius 3 is 2.80 bits per heavy atom. The van der Waals surface area contributed by atoms with Crippen molar-refractivity contribution in [2.75, 3.05) is 50.0 Å². The lowest BCUT2D eigenvalue weighted by molar-refractivity contribution is 0.0772. The van der Waals surface area contributed by atoms with E-state index in [1.807, 2.05) is 11.0 Å². The molecular formula is C27H25F2N7O3S. The van der Waals surface area contributed by atoms with Gasteiger partial charge >= 0.3 is 0 Å². The molecule has 3 aliphatic rings. The summed E-state index contributed by atoms with van der Waals surface area (Å²) in [6.45, 7) is 4.04. The summed E-state index contributed by atoms with van der Waals surface area (Å²) < 4.78 is 42.7. The zero-order chi connectivity index (χ0) is 27.5. The summed E-state index contributed by atoms with van der Waals surface area (Å²) in [7, 11) is 0. The molecule has 3 aromatic heterocycles. The Morgan fingerprint density at radius 2 is 1.95 bits per heavy atom. The van der Waals surface area contributed by atoms with E-state index in [1.54, 1.807) is 6.20 Å². The van der Waals surface area contributed by atoms with Gasteiger partial charge in [0.15, 0.2) is 11.6 Å². The lowest BCUT2D eigenvalue weighted by Gasteiger charge is -2.28. The van der Waals surface area contributed by atoms with Gasteiger partial charge in [0.25, 0.3) is 0 Å². The maximum absolute atomic E-state index is 16.6. The number of rotatable bonds is 3. The molecule has 2 atom stereocenters. The Morgan fingerprint density at radius 1 is 1.10 bits per heavy atom. The Bertz CT molecular complexity index is 1700. The number of hydrogen-bond acceptors (Lipinski definition) is 11. The number of nitriles is 1. The first-order valence-corrected chi connectivity index (χ1v) is 13.9. The van der Waals surface area contributed by atoms with Crippen LogP contribution in [0.1, 0.15) is 23.1 Å². The van der Waals surface area contributed by atoms with E-state index in [2.05, 4.69) is 19.9 Å². The number of aliphatic hydroxyl groups is 1. The predicted molar refractivity (Wildman–Crippen MR) is 145 cm³/mol. The zero-order valence-electron chi connectivity index (χ0n) is 21.4. The third-order valence-corrected chi connectivity index (χ3v) is 9.03. The van der Waals surface area contributed by atoms with Gasteiger partial charge in [-0.2, -0.15) is 5.26 Å². The fraction of sp³-hybridized carbons (Fsp3) is 0.407. The summed E-state index contributed by atoms with van der Waals surface area (Å²) in [6.07, 6.45) is 2.89. The van der Waals surface area contributed by atoms with E-state index in [1.165, 1.54) is 0 Å². The molecule has 0 bridgehead atoms. The number of benzene rings is 1. The van der Waals surface area contributed by atoms with Crippen LogP contribution >= 0.6 is 11.3 Å². The number of aromatic nitrogens is 3. The number of thiophene rings is 1. The van der Waals surface area contributed by atoms with Crippen LogP contribution in [-0.4, -0.2) is 76.5 Å². The fourth-order valence-corrected chi connectivity index (χ4v) is 7.00. The maximum atomic E-state index is 16.6. The molecular weight excluding hydrogens is 540 g/mol. The van der Waals surface area contributed by atoms with Gasteiger partial charge in [0.1, 0.15) is 16.6 Å². The molecule has 2 fully saturated rings. The minimum atomic E-state index is -0.655. The molecule has 3 N–H and O–H groups in total. The van der Waals surface area contributed by atoms with Crippen molar-refractivity contribution in [1.29, 1.82) is 5.26 Å². The summed E-state index contributed by atoms with van der Waals surface area (Å²) in [4.78, 5) is 17.5. The van der Waals surface area contributed by atoms with Crippen molar-refractivity contribution >= 4 is 43.3 Å². The first-order valence-electron chi connectivity index (χ1n) is 13.1. The molecule has 40 heavy (non-hydrogen) atoms. The molecule has 0 aliphatic carbocycles. The highest BCUT2D eigenvalue weighted by Gasteiger charge is 2.37. The van der Waals surface area contributed by atoms with Crippen molar-refractivity contribution in [1.82, 2.24) is 19.9 Å². The lowest BCUT2D eigenvalue weighted by Crippen LogP contribution is -2.44. The van der Waals surface area contributed by atoms with Crippen molar-refractivity contribution in [3.8, 4) is 17.3 Å². The number of fused-ring (bicyclic) bond motifs is 4. The number of pyridine rings is 1. The molecule has 7 rings (SSSR count). The van der Waals surface area contributed by atoms with Crippen LogP contribution in [-0.2, 0) is 22.7 Å². The number of hydrogen-bond donors (Lipinski definition) is 2. The predicted octanol–water partition coefficient (Wildman–Crippen LogP) is 2.94. The van der Waals surface area contributed by atoms with E-state index in [0.717, 1.165) is 42.6 Å². The normalized spacial score (nSPS) is 21.7. The monoisotopic (exact) mass is 565 g/mol. The third kappa shape index (κ3) is 3.90. The van der Waals surface area contributed by atoms with Gasteiger partial charge in [-0.25, -0.2) is 18.7 Å². The molecule has 10 nitrogen and oxygen atoms in total. The molecule has 6 heterocycles. The number of nitrogen functional groups attached to an aromatic ring is 1. The van der Waals surface area contributed by atoms with Crippen LogP contribution in [0.5, 0.6) is 0 Å². The van der Waals surface area contributed by atoms with E-state index in [-0.39, 0.29) is 56.7 Å². The van der Waals surface area contributed by atoms with Crippen LogP contribution in [0, 0.1) is 23.0 Å². The topological polar surface area (TPSA) is 134 Å². The molecule has 0 radical (unpaired) electrons. The summed E-state index contributed by atoms with van der Waals surface area (Å²) in [5, 5.41) is 21.5. The van der Waals surface area contributed by atoms with E-state index in [9.17, 15) is 14.8 Å². The Balaban J connectivity index is 1.36. The Hall–Kier alpha value is -3.54. The van der Waals surface area contributed by atoms with Crippen molar-refractivity contribution in [2.45, 2.75) is 31.8 Å². The molecule has 0 spiro atoms. The van der Waals surface area contributed by atoms with E-state index >= 15 is 4.39 Å². The molecule has 2 saturated heterocycles. The highest BCUT2D eigenvalue weighted by Crippen LogP contribution is 2.45. The Kier molecular flexibility index (Phi) is 6.25. The van der Waals surface area contributed by atoms with Crippen molar-refractivity contribution in [2.24, 2.45) is 0 Å². The SMILES string of the molecule is N#Cc1c(N)sc2c(F)cnc(-c3c4c(c5cnc(N6CC(O)C(N7CCCOCC7)C6)nc5c3F)COC4)c12. The largest absolute Gasteiger partial charge is 0.390 e. The van der Waals surface area contributed by atoms with Gasteiger partial charge in [-0.3, -0.25) is 9.88 Å². The van der Waals surface area contributed by atoms with Crippen LogP contribution in [0.15, 0.2) is 12.4 Å². The average Bonchev–Trinajstić information content (AvgIpc) is 3.61. The van der Waals surface area contributed by atoms with Gasteiger partial charge in [-0.15, -0.1) is 11.3 Å². The van der Waals surface area contributed by atoms with Gasteiger partial charge in [0, 0.05) is 55.3 Å².